The van der Waals surface area contributed by atoms with Crippen molar-refractivity contribution in [1.29, 1.82) is 0 Å². The smallest absolute Gasteiger partial charge is 0.227 e. The van der Waals surface area contributed by atoms with Crippen LogP contribution in [0.5, 0.6) is 0 Å². The molecule has 0 radical (unpaired) electrons. The zero-order valence-electron chi connectivity index (χ0n) is 12.1. The van der Waals surface area contributed by atoms with Crippen molar-refractivity contribution in [3.63, 3.8) is 0 Å². The molecule has 1 aromatic carbocycles. The number of carbonyl (C=O) groups excluding carboxylic acids is 1. The van der Waals surface area contributed by atoms with Gasteiger partial charge in [0.2, 0.25) is 5.91 Å². The zero-order valence-corrected chi connectivity index (χ0v) is 12.8. The van der Waals surface area contributed by atoms with E-state index in [9.17, 15) is 4.79 Å². The first-order valence-corrected chi connectivity index (χ1v) is 6.84. The Morgan fingerprint density at radius 2 is 1.74 bits per heavy atom. The van der Waals surface area contributed by atoms with Crippen molar-refractivity contribution >= 4 is 17.5 Å². The highest BCUT2D eigenvalue weighted by atomic mass is 35.5. The first-order chi connectivity index (χ1) is 8.64. The Kier molecular flexibility index (Phi) is 4.99. The van der Waals surface area contributed by atoms with Crippen molar-refractivity contribution in [1.82, 2.24) is 5.32 Å². The summed E-state index contributed by atoms with van der Waals surface area (Å²) in [5.41, 5.74) is 6.02. The van der Waals surface area contributed by atoms with Crippen LogP contribution in [0.25, 0.3) is 0 Å². The minimum atomic E-state index is -0.604. The van der Waals surface area contributed by atoms with Gasteiger partial charge in [0, 0.05) is 17.1 Å². The van der Waals surface area contributed by atoms with Gasteiger partial charge in [-0.05, 0) is 51.8 Å². The molecule has 0 spiro atoms. The van der Waals surface area contributed by atoms with Gasteiger partial charge in [-0.25, -0.2) is 0 Å². The molecule has 1 rings (SSSR count). The van der Waals surface area contributed by atoms with E-state index in [-0.39, 0.29) is 5.91 Å². The van der Waals surface area contributed by atoms with Crippen molar-refractivity contribution in [2.75, 3.05) is 6.54 Å². The molecule has 1 amide bonds. The van der Waals surface area contributed by atoms with Gasteiger partial charge in [0.15, 0.2) is 0 Å². The number of rotatable bonds is 5. The molecule has 0 aromatic heterocycles. The van der Waals surface area contributed by atoms with Gasteiger partial charge in [-0.15, -0.1) is 0 Å². The van der Waals surface area contributed by atoms with Crippen LogP contribution in [0.4, 0.5) is 0 Å². The molecule has 0 saturated carbocycles. The standard InChI is InChI=1S/C15H23ClN2O/c1-14(2,15(3,4)17)13(19)18-10-9-11-5-7-12(16)8-6-11/h5-8H,9-10,17H2,1-4H3,(H,18,19). The topological polar surface area (TPSA) is 55.1 Å². The normalized spacial score (nSPS) is 12.3. The second-order valence-corrected chi connectivity index (χ2v) is 6.42. The van der Waals surface area contributed by atoms with Crippen LogP contribution in [0.3, 0.4) is 0 Å². The summed E-state index contributed by atoms with van der Waals surface area (Å²) in [6.45, 7) is 8.06. The molecule has 4 heteroatoms. The molecule has 0 fully saturated rings. The summed E-state index contributed by atoms with van der Waals surface area (Å²) in [6.07, 6.45) is 0.782. The number of nitrogens with two attached hydrogens (primary N) is 1. The van der Waals surface area contributed by atoms with Gasteiger partial charge in [0.1, 0.15) is 0 Å². The van der Waals surface area contributed by atoms with Crippen LogP contribution >= 0.6 is 11.6 Å². The first-order valence-electron chi connectivity index (χ1n) is 6.46. The van der Waals surface area contributed by atoms with E-state index in [4.69, 9.17) is 17.3 Å². The Morgan fingerprint density at radius 3 is 2.21 bits per heavy atom. The third-order valence-electron chi connectivity index (χ3n) is 3.79. The summed E-state index contributed by atoms with van der Waals surface area (Å²) in [4.78, 5) is 12.1. The molecule has 3 N–H and O–H groups in total. The molecule has 0 aliphatic carbocycles. The van der Waals surface area contributed by atoms with E-state index in [1.165, 1.54) is 0 Å². The van der Waals surface area contributed by atoms with Crippen molar-refractivity contribution in [2.45, 2.75) is 39.7 Å². The lowest BCUT2D eigenvalue weighted by Gasteiger charge is -2.36. The molecular weight excluding hydrogens is 260 g/mol. The van der Waals surface area contributed by atoms with Crippen molar-refractivity contribution in [3.05, 3.63) is 34.9 Å². The molecule has 0 aliphatic heterocycles. The maximum atomic E-state index is 12.1. The lowest BCUT2D eigenvalue weighted by atomic mass is 9.74. The fourth-order valence-electron chi connectivity index (χ4n) is 1.49. The van der Waals surface area contributed by atoms with Crippen molar-refractivity contribution < 1.29 is 4.79 Å². The molecule has 3 nitrogen and oxygen atoms in total. The van der Waals surface area contributed by atoms with Gasteiger partial charge in [0.25, 0.3) is 0 Å². The van der Waals surface area contributed by atoms with Gasteiger partial charge in [-0.2, -0.15) is 0 Å². The number of amides is 1. The van der Waals surface area contributed by atoms with E-state index < -0.39 is 11.0 Å². The third-order valence-corrected chi connectivity index (χ3v) is 4.04. The molecule has 0 unspecified atom stereocenters. The Morgan fingerprint density at radius 1 is 1.21 bits per heavy atom. The lowest BCUT2D eigenvalue weighted by molar-refractivity contribution is -0.132. The van der Waals surface area contributed by atoms with Crippen LogP contribution in [-0.2, 0) is 11.2 Å². The molecular formula is C15H23ClN2O. The SMILES string of the molecule is CC(C)(N)C(C)(C)C(=O)NCCc1ccc(Cl)cc1. The van der Waals surface area contributed by atoms with E-state index in [2.05, 4.69) is 5.32 Å². The van der Waals surface area contributed by atoms with Crippen LogP contribution in [0.15, 0.2) is 24.3 Å². The largest absolute Gasteiger partial charge is 0.355 e. The van der Waals surface area contributed by atoms with Gasteiger partial charge in [-0.3, -0.25) is 4.79 Å². The molecule has 0 heterocycles. The van der Waals surface area contributed by atoms with E-state index in [1.807, 2.05) is 52.0 Å². The van der Waals surface area contributed by atoms with Gasteiger partial charge in [-0.1, -0.05) is 23.7 Å². The summed E-state index contributed by atoms with van der Waals surface area (Å²) in [5.74, 6) is -0.0195. The Bertz CT molecular complexity index is 432. The average Bonchev–Trinajstić information content (AvgIpc) is 2.30. The van der Waals surface area contributed by atoms with E-state index in [0.29, 0.717) is 6.54 Å². The minimum Gasteiger partial charge on any atom is -0.355 e. The highest BCUT2D eigenvalue weighted by Crippen LogP contribution is 2.28. The predicted octanol–water partition coefficient (Wildman–Crippen LogP) is 2.76. The zero-order chi connectivity index (χ0) is 14.7. The number of carbonyl (C=O) groups is 1. The van der Waals surface area contributed by atoms with E-state index >= 15 is 0 Å². The molecule has 0 bridgehead atoms. The quantitative estimate of drug-likeness (QED) is 0.872. The lowest BCUT2D eigenvalue weighted by Crippen LogP contribution is -2.55. The number of halogens is 1. The molecule has 0 aliphatic rings. The Hall–Kier alpha value is -1.06. The average molecular weight is 283 g/mol. The first kappa shape index (κ1) is 16.0. The van der Waals surface area contributed by atoms with Crippen LogP contribution in [0.2, 0.25) is 5.02 Å². The molecule has 19 heavy (non-hydrogen) atoms. The van der Waals surface area contributed by atoms with E-state index in [1.54, 1.807) is 0 Å². The highest BCUT2D eigenvalue weighted by Gasteiger charge is 2.40. The fourth-order valence-corrected chi connectivity index (χ4v) is 1.61. The molecule has 0 saturated heterocycles. The van der Waals surface area contributed by atoms with Gasteiger partial charge >= 0.3 is 0 Å². The van der Waals surface area contributed by atoms with Crippen molar-refractivity contribution in [2.24, 2.45) is 11.1 Å². The Balaban J connectivity index is 2.49. The van der Waals surface area contributed by atoms with Gasteiger partial charge in [0.05, 0.1) is 5.41 Å². The van der Waals surface area contributed by atoms with Crippen LogP contribution < -0.4 is 11.1 Å². The van der Waals surface area contributed by atoms with Crippen molar-refractivity contribution in [3.8, 4) is 0 Å². The number of benzene rings is 1. The van der Waals surface area contributed by atoms with Crippen LogP contribution in [0, 0.1) is 5.41 Å². The number of hydrogen-bond donors (Lipinski definition) is 2. The summed E-state index contributed by atoms with van der Waals surface area (Å²) >= 11 is 5.82. The Labute approximate surface area is 120 Å². The number of nitrogens with one attached hydrogen (secondary N) is 1. The summed E-state index contributed by atoms with van der Waals surface area (Å²) in [6, 6.07) is 7.64. The predicted molar refractivity (Wildman–Crippen MR) is 80.2 cm³/mol. The van der Waals surface area contributed by atoms with Crippen LogP contribution in [-0.4, -0.2) is 18.0 Å². The van der Waals surface area contributed by atoms with Gasteiger partial charge < -0.3 is 11.1 Å². The second kappa shape index (κ2) is 5.93. The summed E-state index contributed by atoms with van der Waals surface area (Å²) in [5, 5.41) is 3.66. The summed E-state index contributed by atoms with van der Waals surface area (Å²) < 4.78 is 0. The third kappa shape index (κ3) is 4.22. The fraction of sp³-hybridized carbons (Fsp3) is 0.533. The second-order valence-electron chi connectivity index (χ2n) is 5.98. The number of hydrogen-bond acceptors (Lipinski definition) is 2. The highest BCUT2D eigenvalue weighted by molar-refractivity contribution is 6.30. The molecule has 106 valence electrons. The maximum Gasteiger partial charge on any atom is 0.227 e. The monoisotopic (exact) mass is 282 g/mol. The molecule has 1 aromatic rings. The van der Waals surface area contributed by atoms with Crippen LogP contribution in [0.1, 0.15) is 33.3 Å². The van der Waals surface area contributed by atoms with E-state index in [0.717, 1.165) is 17.0 Å². The maximum absolute atomic E-state index is 12.1. The molecule has 0 atom stereocenters. The minimum absolute atomic E-state index is 0.0195. The summed E-state index contributed by atoms with van der Waals surface area (Å²) in [7, 11) is 0.